The monoisotopic (exact) mass is 463 g/mol. The number of benzene rings is 2. The highest BCUT2D eigenvalue weighted by Crippen LogP contribution is 2.39. The summed E-state index contributed by atoms with van der Waals surface area (Å²) >= 11 is 0. The van der Waals surface area contributed by atoms with E-state index in [-0.39, 0.29) is 23.7 Å². The summed E-state index contributed by atoms with van der Waals surface area (Å²) in [5, 5.41) is 3.36. The van der Waals surface area contributed by atoms with Crippen molar-refractivity contribution in [1.29, 1.82) is 0 Å². The molecule has 2 aromatic carbocycles. The number of hydrogen-bond acceptors (Lipinski definition) is 3. The second-order valence-corrected chi connectivity index (χ2v) is 9.83. The third kappa shape index (κ3) is 4.61. The maximum absolute atomic E-state index is 14.2. The Morgan fingerprint density at radius 1 is 1.03 bits per heavy atom. The summed E-state index contributed by atoms with van der Waals surface area (Å²) in [7, 11) is 1.66. The van der Waals surface area contributed by atoms with Gasteiger partial charge in [0.05, 0.1) is 11.0 Å². The van der Waals surface area contributed by atoms with Crippen LogP contribution in [0.2, 0.25) is 0 Å². The third-order valence-corrected chi connectivity index (χ3v) is 7.60. The van der Waals surface area contributed by atoms with Gasteiger partial charge in [0, 0.05) is 19.2 Å². The molecule has 2 fully saturated rings. The van der Waals surface area contributed by atoms with E-state index in [0.29, 0.717) is 11.3 Å². The van der Waals surface area contributed by atoms with Crippen molar-refractivity contribution in [2.75, 3.05) is 7.11 Å². The molecule has 2 saturated carbocycles. The van der Waals surface area contributed by atoms with Gasteiger partial charge < -0.3 is 14.6 Å². The molecule has 1 heterocycles. The molecule has 2 unspecified atom stereocenters. The van der Waals surface area contributed by atoms with E-state index >= 15 is 0 Å². The first-order valence-corrected chi connectivity index (χ1v) is 12.7. The van der Waals surface area contributed by atoms with Gasteiger partial charge in [-0.3, -0.25) is 4.79 Å². The standard InChI is InChI=1S/C28H34FN3O2/c1-34-26(20-12-6-3-7-13-20)27-31-23-18-21(29)16-17-24(23)32(27)25(19-10-4-2-5-11-19)28(33)30-22-14-8-9-15-22/h3,6-7,12-13,16-19,22,25-26H,2,4-5,8-11,14-15H2,1H3,(H,30,33). The molecule has 0 saturated heterocycles. The van der Waals surface area contributed by atoms with E-state index in [2.05, 4.69) is 9.88 Å². The number of imidazole rings is 1. The number of halogens is 1. The fraction of sp³-hybridized carbons (Fsp3) is 0.500. The van der Waals surface area contributed by atoms with Gasteiger partial charge in [0.2, 0.25) is 5.91 Å². The number of methoxy groups -OCH3 is 1. The molecule has 5 nitrogen and oxygen atoms in total. The summed E-state index contributed by atoms with van der Waals surface area (Å²) in [5.74, 6) is 0.602. The maximum Gasteiger partial charge on any atom is 0.243 e. The minimum absolute atomic E-state index is 0.0617. The smallest absolute Gasteiger partial charge is 0.243 e. The lowest BCUT2D eigenvalue weighted by Gasteiger charge is -2.33. The average Bonchev–Trinajstić information content (AvgIpc) is 3.49. The van der Waals surface area contributed by atoms with Crippen molar-refractivity contribution in [3.8, 4) is 0 Å². The molecule has 34 heavy (non-hydrogen) atoms. The molecule has 2 atom stereocenters. The molecule has 2 aliphatic rings. The van der Waals surface area contributed by atoms with Gasteiger partial charge in [0.25, 0.3) is 0 Å². The Balaban J connectivity index is 1.65. The summed E-state index contributed by atoms with van der Waals surface area (Å²) in [5.41, 5.74) is 2.30. The van der Waals surface area contributed by atoms with Crippen LogP contribution in [0, 0.1) is 11.7 Å². The predicted octanol–water partition coefficient (Wildman–Crippen LogP) is 6.09. The molecule has 0 radical (unpaired) electrons. The van der Waals surface area contributed by atoms with E-state index in [1.165, 1.54) is 18.6 Å². The van der Waals surface area contributed by atoms with Crippen LogP contribution in [0.1, 0.15) is 81.3 Å². The molecule has 1 N–H and O–H groups in total. The zero-order valence-corrected chi connectivity index (χ0v) is 19.9. The third-order valence-electron chi connectivity index (χ3n) is 7.60. The normalized spacial score (nSPS) is 19.4. The molecule has 5 rings (SSSR count). The van der Waals surface area contributed by atoms with Crippen LogP contribution in [0.25, 0.3) is 11.0 Å². The number of fused-ring (bicyclic) bond motifs is 1. The zero-order valence-electron chi connectivity index (χ0n) is 19.9. The number of ether oxygens (including phenoxy) is 1. The summed E-state index contributed by atoms with van der Waals surface area (Å²) in [4.78, 5) is 18.8. The van der Waals surface area contributed by atoms with E-state index in [9.17, 15) is 9.18 Å². The van der Waals surface area contributed by atoms with Crippen molar-refractivity contribution in [3.63, 3.8) is 0 Å². The first-order valence-electron chi connectivity index (χ1n) is 12.7. The molecule has 0 bridgehead atoms. The number of carbonyl (C=O) groups excluding carboxylic acids is 1. The number of amides is 1. The number of hydrogen-bond donors (Lipinski definition) is 1. The first-order chi connectivity index (χ1) is 16.7. The highest BCUT2D eigenvalue weighted by Gasteiger charge is 2.37. The molecule has 1 amide bonds. The quantitative estimate of drug-likeness (QED) is 0.461. The minimum atomic E-state index is -0.456. The largest absolute Gasteiger partial charge is 0.369 e. The van der Waals surface area contributed by atoms with Crippen LogP contribution >= 0.6 is 0 Å². The van der Waals surface area contributed by atoms with Crippen molar-refractivity contribution >= 4 is 16.9 Å². The lowest BCUT2D eigenvalue weighted by molar-refractivity contribution is -0.127. The average molecular weight is 464 g/mol. The van der Waals surface area contributed by atoms with Gasteiger partial charge in [-0.1, -0.05) is 62.4 Å². The molecule has 3 aromatic rings. The van der Waals surface area contributed by atoms with Gasteiger partial charge in [0.15, 0.2) is 0 Å². The van der Waals surface area contributed by atoms with E-state index < -0.39 is 12.1 Å². The van der Waals surface area contributed by atoms with Crippen LogP contribution in [-0.4, -0.2) is 28.6 Å². The van der Waals surface area contributed by atoms with Crippen LogP contribution in [0.5, 0.6) is 0 Å². The SMILES string of the molecule is COC(c1ccccc1)c1nc2cc(F)ccc2n1C(C(=O)NC1CCCC1)C1CCCCC1. The Hall–Kier alpha value is -2.73. The van der Waals surface area contributed by atoms with Crippen LogP contribution < -0.4 is 5.32 Å². The first kappa shape index (κ1) is 23.0. The van der Waals surface area contributed by atoms with E-state index in [1.54, 1.807) is 13.2 Å². The molecular weight excluding hydrogens is 429 g/mol. The van der Waals surface area contributed by atoms with Crippen molar-refractivity contribution in [2.45, 2.75) is 76.0 Å². The highest BCUT2D eigenvalue weighted by molar-refractivity contribution is 5.85. The summed E-state index contributed by atoms with van der Waals surface area (Å²) < 4.78 is 22.2. The predicted molar refractivity (Wildman–Crippen MR) is 131 cm³/mol. The number of nitrogens with one attached hydrogen (secondary N) is 1. The second kappa shape index (κ2) is 10.3. The van der Waals surface area contributed by atoms with Crippen LogP contribution in [0.3, 0.4) is 0 Å². The van der Waals surface area contributed by atoms with Crippen molar-refractivity contribution < 1.29 is 13.9 Å². The topological polar surface area (TPSA) is 56.2 Å². The van der Waals surface area contributed by atoms with E-state index in [1.807, 2.05) is 30.3 Å². The molecule has 0 aliphatic heterocycles. The summed E-state index contributed by atoms with van der Waals surface area (Å²) in [6.45, 7) is 0. The van der Waals surface area contributed by atoms with Crippen molar-refractivity contribution in [3.05, 3.63) is 65.7 Å². The minimum Gasteiger partial charge on any atom is -0.369 e. The maximum atomic E-state index is 14.2. The van der Waals surface area contributed by atoms with Gasteiger partial charge in [-0.2, -0.15) is 0 Å². The van der Waals surface area contributed by atoms with Gasteiger partial charge in [0.1, 0.15) is 23.8 Å². The highest BCUT2D eigenvalue weighted by atomic mass is 19.1. The van der Waals surface area contributed by atoms with Gasteiger partial charge in [-0.15, -0.1) is 0 Å². The molecule has 6 heteroatoms. The Bertz CT molecular complexity index is 1120. The van der Waals surface area contributed by atoms with Gasteiger partial charge in [-0.25, -0.2) is 9.37 Å². The lowest BCUT2D eigenvalue weighted by atomic mass is 9.83. The zero-order chi connectivity index (χ0) is 23.5. The van der Waals surface area contributed by atoms with Crippen LogP contribution in [0.4, 0.5) is 4.39 Å². The molecule has 0 spiro atoms. The van der Waals surface area contributed by atoms with Gasteiger partial charge in [-0.05, 0) is 49.3 Å². The summed E-state index contributed by atoms with van der Waals surface area (Å²) in [6.07, 6.45) is 9.42. The van der Waals surface area contributed by atoms with E-state index in [4.69, 9.17) is 9.72 Å². The second-order valence-electron chi connectivity index (χ2n) is 9.83. The van der Waals surface area contributed by atoms with E-state index in [0.717, 1.165) is 62.4 Å². The number of aromatic nitrogens is 2. The van der Waals surface area contributed by atoms with Crippen molar-refractivity contribution in [1.82, 2.24) is 14.9 Å². The van der Waals surface area contributed by atoms with Gasteiger partial charge >= 0.3 is 0 Å². The molecule has 1 aromatic heterocycles. The fourth-order valence-electron chi connectivity index (χ4n) is 5.93. The Labute approximate surface area is 200 Å². The molecular formula is C28H34FN3O2. The Morgan fingerprint density at radius 2 is 1.74 bits per heavy atom. The Kier molecular flexibility index (Phi) is 6.95. The number of rotatable bonds is 7. The van der Waals surface area contributed by atoms with Crippen molar-refractivity contribution in [2.24, 2.45) is 5.92 Å². The van der Waals surface area contributed by atoms with Crippen LogP contribution in [0.15, 0.2) is 48.5 Å². The number of nitrogens with zero attached hydrogens (tertiary/aromatic N) is 2. The van der Waals surface area contributed by atoms with Crippen LogP contribution in [-0.2, 0) is 9.53 Å². The molecule has 180 valence electrons. The molecule has 2 aliphatic carbocycles. The lowest BCUT2D eigenvalue weighted by Crippen LogP contribution is -2.42. The summed E-state index contributed by atoms with van der Waals surface area (Å²) in [6, 6.07) is 14.4. The fourth-order valence-corrected chi connectivity index (χ4v) is 5.93. The number of carbonyl (C=O) groups is 1. The Morgan fingerprint density at radius 3 is 2.44 bits per heavy atom.